The monoisotopic (exact) mass is 173 g/mol. The molecule has 0 bridgehead atoms. The van der Waals surface area contributed by atoms with E-state index >= 15 is 0 Å². The first-order valence-corrected chi connectivity index (χ1v) is 4.27. The molecule has 1 nitrogen and oxygen atoms in total. The van der Waals surface area contributed by atoms with Gasteiger partial charge in [-0.2, -0.15) is 12.6 Å². The molecule has 1 atom stereocenters. The van der Waals surface area contributed by atoms with E-state index < -0.39 is 0 Å². The summed E-state index contributed by atoms with van der Waals surface area (Å²) in [6.45, 7) is 12.2. The summed E-state index contributed by atoms with van der Waals surface area (Å²) >= 11 is 4.45. The Labute approximate surface area is 75.5 Å². The van der Waals surface area contributed by atoms with Crippen LogP contribution < -0.4 is 5.73 Å². The minimum absolute atomic E-state index is 0.238. The summed E-state index contributed by atoms with van der Waals surface area (Å²) < 4.78 is -0.238. The van der Waals surface area contributed by atoms with E-state index in [1.165, 1.54) is 0 Å². The quantitative estimate of drug-likeness (QED) is 0.617. The molecule has 0 spiro atoms. The van der Waals surface area contributed by atoms with Crippen molar-refractivity contribution in [2.75, 3.05) is 0 Å². The van der Waals surface area contributed by atoms with E-state index in [0.717, 1.165) is 6.42 Å². The molecule has 0 radical (unpaired) electrons. The van der Waals surface area contributed by atoms with Gasteiger partial charge in [-0.1, -0.05) is 27.4 Å². The number of rotatable bonds is 2. The number of hydrogen-bond acceptors (Lipinski definition) is 2. The van der Waals surface area contributed by atoms with Gasteiger partial charge >= 0.3 is 0 Å². The molecule has 0 fully saturated rings. The van der Waals surface area contributed by atoms with Crippen molar-refractivity contribution < 1.29 is 0 Å². The van der Waals surface area contributed by atoms with Crippen molar-refractivity contribution >= 4 is 12.6 Å². The average molecular weight is 173 g/mol. The van der Waals surface area contributed by atoms with Gasteiger partial charge in [0.25, 0.3) is 0 Å². The summed E-state index contributed by atoms with van der Waals surface area (Å²) in [6.07, 6.45) is 0.943. The molecule has 0 aromatic rings. The van der Waals surface area contributed by atoms with Gasteiger partial charge in [0.2, 0.25) is 0 Å². The van der Waals surface area contributed by atoms with Gasteiger partial charge in [-0.25, -0.2) is 0 Å². The second-order valence-electron chi connectivity index (χ2n) is 4.54. The van der Waals surface area contributed by atoms with Crippen molar-refractivity contribution in [2.24, 2.45) is 11.1 Å². The SMILES string of the molecule is C=C(N)C(C)(S)CC(C)(C)C. The molecular formula is C9H19NS. The Morgan fingerprint density at radius 2 is 1.73 bits per heavy atom. The molecule has 0 heterocycles. The van der Waals surface area contributed by atoms with Crippen LogP contribution in [0, 0.1) is 5.41 Å². The largest absolute Gasteiger partial charge is 0.401 e. The maximum absolute atomic E-state index is 5.61. The van der Waals surface area contributed by atoms with Gasteiger partial charge in [0.15, 0.2) is 0 Å². The molecule has 0 aromatic heterocycles. The highest BCUT2D eigenvalue weighted by Gasteiger charge is 2.27. The molecule has 11 heavy (non-hydrogen) atoms. The molecule has 1 unspecified atom stereocenters. The Bertz CT molecular complexity index is 153. The highest BCUT2D eigenvalue weighted by molar-refractivity contribution is 7.82. The first-order chi connectivity index (χ1) is 4.65. The summed E-state index contributed by atoms with van der Waals surface area (Å²) in [5.74, 6) is 0. The number of hydrogen-bond donors (Lipinski definition) is 2. The van der Waals surface area contributed by atoms with Crippen LogP contribution in [0.2, 0.25) is 0 Å². The Morgan fingerprint density at radius 3 is 1.82 bits per heavy atom. The third-order valence-electron chi connectivity index (χ3n) is 1.57. The predicted octanol–water partition coefficient (Wildman–Crippen LogP) is 2.58. The molecule has 2 N–H and O–H groups in total. The Morgan fingerprint density at radius 1 is 1.36 bits per heavy atom. The lowest BCUT2D eigenvalue weighted by molar-refractivity contribution is 0.347. The van der Waals surface area contributed by atoms with E-state index in [1.54, 1.807) is 0 Å². The summed E-state index contributed by atoms with van der Waals surface area (Å²) in [7, 11) is 0. The van der Waals surface area contributed by atoms with Crippen molar-refractivity contribution in [3.8, 4) is 0 Å². The van der Waals surface area contributed by atoms with Crippen LogP contribution >= 0.6 is 12.6 Å². The Hall–Kier alpha value is -0.110. The molecule has 0 rings (SSSR count). The van der Waals surface area contributed by atoms with Gasteiger partial charge in [0.05, 0.1) is 0 Å². The second kappa shape index (κ2) is 3.10. The maximum atomic E-state index is 5.61. The van der Waals surface area contributed by atoms with Crippen molar-refractivity contribution in [1.29, 1.82) is 0 Å². The van der Waals surface area contributed by atoms with Crippen molar-refractivity contribution in [2.45, 2.75) is 38.9 Å². The fourth-order valence-electron chi connectivity index (χ4n) is 1.15. The maximum Gasteiger partial charge on any atom is 0.0493 e. The summed E-state index contributed by atoms with van der Waals surface area (Å²) in [5.41, 5.74) is 6.50. The normalized spacial score (nSPS) is 17.5. The second-order valence-corrected chi connectivity index (χ2v) is 5.52. The van der Waals surface area contributed by atoms with Gasteiger partial charge in [0.1, 0.15) is 0 Å². The highest BCUT2D eigenvalue weighted by Crippen LogP contribution is 2.34. The zero-order chi connectivity index (χ0) is 9.28. The van der Waals surface area contributed by atoms with Gasteiger partial charge in [-0.05, 0) is 18.8 Å². The van der Waals surface area contributed by atoms with Crippen LogP contribution in [0.15, 0.2) is 12.3 Å². The molecule has 0 amide bonds. The standard InChI is InChI=1S/C9H19NS/c1-7(10)9(5,11)6-8(2,3)4/h11H,1,6,10H2,2-5H3. The predicted molar refractivity (Wildman–Crippen MR) is 54.8 cm³/mol. The van der Waals surface area contributed by atoms with E-state index in [4.69, 9.17) is 5.73 Å². The lowest BCUT2D eigenvalue weighted by Gasteiger charge is -2.31. The topological polar surface area (TPSA) is 26.0 Å². The van der Waals surface area contributed by atoms with Gasteiger partial charge in [-0.15, -0.1) is 0 Å². The van der Waals surface area contributed by atoms with Crippen LogP contribution in [0.1, 0.15) is 34.1 Å². The third-order valence-corrected chi connectivity index (χ3v) is 2.01. The number of nitrogens with two attached hydrogens (primary N) is 1. The Kier molecular flexibility index (Phi) is 3.06. The molecule has 0 saturated heterocycles. The van der Waals surface area contributed by atoms with Crippen LogP contribution in [-0.4, -0.2) is 4.75 Å². The van der Waals surface area contributed by atoms with Crippen LogP contribution in [0.5, 0.6) is 0 Å². The van der Waals surface area contributed by atoms with Crippen molar-refractivity contribution in [3.05, 3.63) is 12.3 Å². The van der Waals surface area contributed by atoms with E-state index in [0.29, 0.717) is 5.70 Å². The van der Waals surface area contributed by atoms with Crippen LogP contribution in [0.4, 0.5) is 0 Å². The fourth-order valence-corrected chi connectivity index (χ4v) is 1.62. The van der Waals surface area contributed by atoms with Crippen LogP contribution in [0.25, 0.3) is 0 Å². The molecule has 0 saturated carbocycles. The molecule has 0 aliphatic heterocycles. The van der Waals surface area contributed by atoms with Gasteiger partial charge < -0.3 is 5.73 Å². The summed E-state index contributed by atoms with van der Waals surface area (Å²) in [4.78, 5) is 0. The highest BCUT2D eigenvalue weighted by atomic mass is 32.1. The van der Waals surface area contributed by atoms with Crippen LogP contribution in [0.3, 0.4) is 0 Å². The third kappa shape index (κ3) is 4.35. The van der Waals surface area contributed by atoms with Gasteiger partial charge in [0, 0.05) is 10.4 Å². The molecule has 0 aliphatic rings. The first kappa shape index (κ1) is 10.9. The van der Waals surface area contributed by atoms with Gasteiger partial charge in [-0.3, -0.25) is 0 Å². The summed E-state index contributed by atoms with van der Waals surface area (Å²) in [6, 6.07) is 0. The number of thiol groups is 1. The summed E-state index contributed by atoms with van der Waals surface area (Å²) in [5, 5.41) is 0. The van der Waals surface area contributed by atoms with Crippen LogP contribution in [-0.2, 0) is 0 Å². The van der Waals surface area contributed by atoms with Crippen molar-refractivity contribution in [3.63, 3.8) is 0 Å². The fraction of sp³-hybridized carbons (Fsp3) is 0.778. The van der Waals surface area contributed by atoms with E-state index in [1.807, 2.05) is 6.92 Å². The average Bonchev–Trinajstić information content (AvgIpc) is 1.56. The molecule has 0 aromatic carbocycles. The van der Waals surface area contributed by atoms with E-state index in [-0.39, 0.29) is 10.2 Å². The smallest absolute Gasteiger partial charge is 0.0493 e. The molecule has 0 aliphatic carbocycles. The minimum atomic E-state index is -0.238. The lowest BCUT2D eigenvalue weighted by atomic mass is 9.84. The lowest BCUT2D eigenvalue weighted by Crippen LogP contribution is -2.30. The van der Waals surface area contributed by atoms with E-state index in [9.17, 15) is 0 Å². The Balaban J connectivity index is 4.25. The van der Waals surface area contributed by atoms with Crippen molar-refractivity contribution in [1.82, 2.24) is 0 Å². The molecular weight excluding hydrogens is 154 g/mol. The minimum Gasteiger partial charge on any atom is -0.401 e. The first-order valence-electron chi connectivity index (χ1n) is 3.82. The molecule has 2 heteroatoms. The zero-order valence-corrected chi connectivity index (χ0v) is 8.83. The molecule has 66 valence electrons. The van der Waals surface area contributed by atoms with E-state index in [2.05, 4.69) is 40.0 Å². The zero-order valence-electron chi connectivity index (χ0n) is 7.94.